The fourth-order valence-electron chi connectivity index (χ4n) is 2.83. The van der Waals surface area contributed by atoms with Crippen molar-refractivity contribution < 1.29 is 19.5 Å². The molecule has 1 aromatic carbocycles. The number of carbonyl (C=O) groups excluding carboxylic acids is 2. The summed E-state index contributed by atoms with van der Waals surface area (Å²) in [5.41, 5.74) is 1.70. The number of carboxylic acid groups (broad SMARTS) is 1. The number of nitrogens with zero attached hydrogens (tertiary/aromatic N) is 1. The summed E-state index contributed by atoms with van der Waals surface area (Å²) in [5.74, 6) is -1.06. The molecule has 1 aliphatic rings. The van der Waals surface area contributed by atoms with Crippen molar-refractivity contribution in [1.29, 1.82) is 0 Å². The predicted octanol–water partition coefficient (Wildman–Crippen LogP) is 2.42. The van der Waals surface area contributed by atoms with Gasteiger partial charge in [0.1, 0.15) is 0 Å². The lowest BCUT2D eigenvalue weighted by Gasteiger charge is -2.23. The smallest absolute Gasteiger partial charge is 0.305 e. The molecule has 1 amide bonds. The second kappa shape index (κ2) is 7.20. The van der Waals surface area contributed by atoms with Crippen molar-refractivity contribution in [3.63, 3.8) is 0 Å². The van der Waals surface area contributed by atoms with Crippen LogP contribution in [0.15, 0.2) is 24.3 Å². The van der Waals surface area contributed by atoms with Gasteiger partial charge in [-0.05, 0) is 19.8 Å². The number of Topliss-reactive ketones (excluding diaryl/α,β-unsaturated/α-hetero) is 1. The van der Waals surface area contributed by atoms with Crippen molar-refractivity contribution in [2.75, 3.05) is 6.54 Å². The largest absolute Gasteiger partial charge is 0.481 e. The second-order valence-corrected chi connectivity index (χ2v) is 5.77. The lowest BCUT2D eigenvalue weighted by atomic mass is 10.0. The molecule has 5 heteroatoms. The highest BCUT2D eigenvalue weighted by Crippen LogP contribution is 2.21. The van der Waals surface area contributed by atoms with Gasteiger partial charge < -0.3 is 10.0 Å². The van der Waals surface area contributed by atoms with E-state index in [-0.39, 0.29) is 37.0 Å². The number of ketones is 1. The van der Waals surface area contributed by atoms with Gasteiger partial charge in [0.25, 0.3) is 0 Å². The molecular weight excluding hydrogens is 282 g/mol. The third kappa shape index (κ3) is 4.16. The van der Waals surface area contributed by atoms with E-state index < -0.39 is 5.97 Å². The molecule has 1 unspecified atom stereocenters. The average molecular weight is 303 g/mol. The highest BCUT2D eigenvalue weighted by molar-refractivity contribution is 5.98. The summed E-state index contributed by atoms with van der Waals surface area (Å²) in [4.78, 5) is 36.7. The number of aryl methyl sites for hydroxylation is 1. The number of amides is 1. The van der Waals surface area contributed by atoms with E-state index in [0.717, 1.165) is 18.4 Å². The molecule has 118 valence electrons. The summed E-state index contributed by atoms with van der Waals surface area (Å²) < 4.78 is 0. The molecule has 22 heavy (non-hydrogen) atoms. The normalized spacial score (nSPS) is 17.5. The third-order valence-electron chi connectivity index (χ3n) is 4.05. The number of carboxylic acids is 1. The van der Waals surface area contributed by atoms with Crippen molar-refractivity contribution in [2.24, 2.45) is 0 Å². The summed E-state index contributed by atoms with van der Waals surface area (Å²) in [6.07, 6.45) is 1.85. The van der Waals surface area contributed by atoms with Crippen molar-refractivity contribution in [2.45, 2.75) is 45.1 Å². The van der Waals surface area contributed by atoms with Gasteiger partial charge in [-0.1, -0.05) is 29.8 Å². The summed E-state index contributed by atoms with van der Waals surface area (Å²) in [7, 11) is 0. The molecule has 1 aliphatic heterocycles. The van der Waals surface area contributed by atoms with Crippen LogP contribution < -0.4 is 0 Å². The van der Waals surface area contributed by atoms with E-state index in [1.54, 1.807) is 17.0 Å². The first-order chi connectivity index (χ1) is 10.5. The zero-order valence-electron chi connectivity index (χ0n) is 12.7. The summed E-state index contributed by atoms with van der Waals surface area (Å²) in [5, 5.41) is 8.87. The molecular formula is C17H21NO4. The zero-order valence-corrected chi connectivity index (χ0v) is 12.7. The number of carbonyl (C=O) groups is 3. The standard InChI is InChI=1S/C17H21NO4/c1-12-4-6-13(7-5-12)15(19)8-9-16(20)18-10-2-3-14(18)11-17(21)22/h4-7,14H,2-3,8-11H2,1H3,(H,21,22). The Hall–Kier alpha value is -2.17. The molecule has 1 N–H and O–H groups in total. The van der Waals surface area contributed by atoms with E-state index in [1.165, 1.54) is 0 Å². The fourth-order valence-corrected chi connectivity index (χ4v) is 2.83. The molecule has 0 radical (unpaired) electrons. The van der Waals surface area contributed by atoms with Crippen molar-refractivity contribution >= 4 is 17.7 Å². The van der Waals surface area contributed by atoms with E-state index >= 15 is 0 Å². The Bertz CT molecular complexity index is 565. The molecule has 1 saturated heterocycles. The number of likely N-dealkylation sites (tertiary alicyclic amines) is 1. The van der Waals surface area contributed by atoms with Crippen LogP contribution in [0.5, 0.6) is 0 Å². The van der Waals surface area contributed by atoms with Crippen LogP contribution in [0.25, 0.3) is 0 Å². The van der Waals surface area contributed by atoms with Gasteiger partial charge >= 0.3 is 5.97 Å². The highest BCUT2D eigenvalue weighted by atomic mass is 16.4. The minimum atomic E-state index is -0.888. The van der Waals surface area contributed by atoms with Gasteiger partial charge in [-0.25, -0.2) is 0 Å². The molecule has 0 aliphatic carbocycles. The first kappa shape index (κ1) is 16.2. The third-order valence-corrected chi connectivity index (χ3v) is 4.05. The maximum atomic E-state index is 12.2. The maximum absolute atomic E-state index is 12.2. The van der Waals surface area contributed by atoms with Crippen LogP contribution in [0.2, 0.25) is 0 Å². The number of rotatable bonds is 6. The molecule has 0 aromatic heterocycles. The van der Waals surface area contributed by atoms with E-state index in [2.05, 4.69) is 0 Å². The van der Waals surface area contributed by atoms with Gasteiger partial charge in [0.2, 0.25) is 5.91 Å². The van der Waals surface area contributed by atoms with Crippen LogP contribution in [0.4, 0.5) is 0 Å². The van der Waals surface area contributed by atoms with Gasteiger partial charge in [-0.15, -0.1) is 0 Å². The Morgan fingerprint density at radius 2 is 1.86 bits per heavy atom. The van der Waals surface area contributed by atoms with Crippen LogP contribution in [0.3, 0.4) is 0 Å². The van der Waals surface area contributed by atoms with Crippen LogP contribution >= 0.6 is 0 Å². The predicted molar refractivity (Wildman–Crippen MR) is 81.7 cm³/mol. The van der Waals surface area contributed by atoms with Gasteiger partial charge in [-0.2, -0.15) is 0 Å². The van der Waals surface area contributed by atoms with E-state index in [1.807, 2.05) is 19.1 Å². The Balaban J connectivity index is 1.88. The SMILES string of the molecule is Cc1ccc(C(=O)CCC(=O)N2CCCC2CC(=O)O)cc1. The van der Waals surface area contributed by atoms with E-state index in [4.69, 9.17) is 5.11 Å². The Morgan fingerprint density at radius 3 is 2.50 bits per heavy atom. The van der Waals surface area contributed by atoms with E-state index in [0.29, 0.717) is 12.1 Å². The van der Waals surface area contributed by atoms with Crippen LogP contribution in [-0.2, 0) is 9.59 Å². The maximum Gasteiger partial charge on any atom is 0.305 e. The lowest BCUT2D eigenvalue weighted by Crippen LogP contribution is -2.36. The number of aliphatic carboxylic acids is 1. The van der Waals surface area contributed by atoms with Crippen LogP contribution in [-0.4, -0.2) is 40.3 Å². The lowest BCUT2D eigenvalue weighted by molar-refractivity contribution is -0.139. The van der Waals surface area contributed by atoms with Gasteiger partial charge in [0, 0.05) is 31.0 Å². The van der Waals surface area contributed by atoms with Crippen LogP contribution in [0, 0.1) is 6.92 Å². The Morgan fingerprint density at radius 1 is 1.18 bits per heavy atom. The topological polar surface area (TPSA) is 74.7 Å². The first-order valence-electron chi connectivity index (χ1n) is 7.58. The average Bonchev–Trinajstić information content (AvgIpc) is 2.92. The number of hydrogen-bond donors (Lipinski definition) is 1. The first-order valence-corrected chi connectivity index (χ1v) is 7.58. The Labute approximate surface area is 129 Å². The summed E-state index contributed by atoms with van der Waals surface area (Å²) in [6.45, 7) is 2.54. The molecule has 2 rings (SSSR count). The summed E-state index contributed by atoms with van der Waals surface area (Å²) in [6, 6.07) is 7.06. The molecule has 5 nitrogen and oxygen atoms in total. The van der Waals surface area contributed by atoms with Gasteiger partial charge in [0.15, 0.2) is 5.78 Å². The van der Waals surface area contributed by atoms with Crippen LogP contribution in [0.1, 0.15) is 48.0 Å². The Kier molecular flexibility index (Phi) is 5.31. The van der Waals surface area contributed by atoms with Crippen molar-refractivity contribution in [3.8, 4) is 0 Å². The zero-order chi connectivity index (χ0) is 16.1. The van der Waals surface area contributed by atoms with E-state index in [9.17, 15) is 14.4 Å². The minimum absolute atomic E-state index is 0.0162. The quantitative estimate of drug-likeness (QED) is 0.819. The number of hydrogen-bond acceptors (Lipinski definition) is 3. The molecule has 1 heterocycles. The summed E-state index contributed by atoms with van der Waals surface area (Å²) >= 11 is 0. The number of benzene rings is 1. The van der Waals surface area contributed by atoms with Gasteiger partial charge in [0.05, 0.1) is 6.42 Å². The molecule has 0 saturated carbocycles. The monoisotopic (exact) mass is 303 g/mol. The molecule has 0 bridgehead atoms. The van der Waals surface area contributed by atoms with Crippen molar-refractivity contribution in [1.82, 2.24) is 4.90 Å². The molecule has 1 atom stereocenters. The van der Waals surface area contributed by atoms with Gasteiger partial charge in [-0.3, -0.25) is 14.4 Å². The molecule has 1 aromatic rings. The van der Waals surface area contributed by atoms with Crippen molar-refractivity contribution in [3.05, 3.63) is 35.4 Å². The fraction of sp³-hybridized carbons (Fsp3) is 0.471. The highest BCUT2D eigenvalue weighted by Gasteiger charge is 2.30. The minimum Gasteiger partial charge on any atom is -0.481 e. The second-order valence-electron chi connectivity index (χ2n) is 5.77. The molecule has 0 spiro atoms. The molecule has 1 fully saturated rings.